The molecule has 1 aliphatic heterocycles. The molecule has 0 atom stereocenters. The predicted molar refractivity (Wildman–Crippen MR) is 88.7 cm³/mol. The molecule has 1 heterocycles. The van der Waals surface area contributed by atoms with Crippen molar-refractivity contribution in [3.8, 4) is 11.5 Å². The Hall–Kier alpha value is -1.48. The average Bonchev–Trinajstić information content (AvgIpc) is 2.96. The first kappa shape index (κ1) is 14.5. The molecular formula is C18H19BrO2. The molecule has 1 aliphatic rings. The quantitative estimate of drug-likeness (QED) is 0.744. The fourth-order valence-corrected chi connectivity index (χ4v) is 3.13. The number of ether oxygens (including phenoxy) is 2. The van der Waals surface area contributed by atoms with Crippen LogP contribution in [0.3, 0.4) is 0 Å². The summed E-state index contributed by atoms with van der Waals surface area (Å²) in [5.41, 5.74) is 5.03. The Labute approximate surface area is 134 Å². The molecule has 3 heteroatoms. The molecule has 110 valence electrons. The lowest BCUT2D eigenvalue weighted by Gasteiger charge is -2.13. The van der Waals surface area contributed by atoms with Crippen molar-refractivity contribution in [2.75, 3.05) is 13.2 Å². The number of aryl methyl sites for hydroxylation is 1. The molecule has 0 spiro atoms. The molecule has 21 heavy (non-hydrogen) atoms. The fourth-order valence-electron chi connectivity index (χ4n) is 2.69. The van der Waals surface area contributed by atoms with E-state index in [9.17, 15) is 0 Å². The summed E-state index contributed by atoms with van der Waals surface area (Å²) in [6.45, 7) is 3.60. The average molecular weight is 347 g/mol. The lowest BCUT2D eigenvalue weighted by molar-refractivity contribution is 0.317. The smallest absolute Gasteiger partial charge is 0.126 e. The number of para-hydroxylation sites is 1. The van der Waals surface area contributed by atoms with Gasteiger partial charge in [-0.2, -0.15) is 0 Å². The Morgan fingerprint density at radius 2 is 2.14 bits per heavy atom. The van der Waals surface area contributed by atoms with Crippen LogP contribution in [0, 0.1) is 6.92 Å². The second kappa shape index (κ2) is 6.52. The largest absolute Gasteiger partial charge is 0.493 e. The van der Waals surface area contributed by atoms with Gasteiger partial charge in [-0.05, 0) is 29.7 Å². The number of fused-ring (bicyclic) bond motifs is 1. The number of hydrogen-bond donors (Lipinski definition) is 0. The molecule has 2 aromatic rings. The van der Waals surface area contributed by atoms with Crippen LogP contribution in [0.5, 0.6) is 11.5 Å². The van der Waals surface area contributed by atoms with Crippen molar-refractivity contribution in [1.29, 1.82) is 0 Å². The molecule has 0 aliphatic carbocycles. The maximum atomic E-state index is 6.02. The zero-order valence-corrected chi connectivity index (χ0v) is 13.8. The van der Waals surface area contributed by atoms with Gasteiger partial charge in [-0.3, -0.25) is 0 Å². The van der Waals surface area contributed by atoms with Crippen molar-refractivity contribution in [2.24, 2.45) is 0 Å². The first-order chi connectivity index (χ1) is 10.3. The van der Waals surface area contributed by atoms with Crippen molar-refractivity contribution < 1.29 is 9.47 Å². The molecule has 2 nitrogen and oxygen atoms in total. The summed E-state index contributed by atoms with van der Waals surface area (Å²) in [5.74, 6) is 2.05. The summed E-state index contributed by atoms with van der Waals surface area (Å²) in [5, 5.41) is 0.820. The molecule has 0 amide bonds. The molecule has 0 saturated heterocycles. The molecule has 0 bridgehead atoms. The first-order valence-corrected chi connectivity index (χ1v) is 8.42. The topological polar surface area (TPSA) is 18.5 Å². The normalized spacial score (nSPS) is 12.9. The Kier molecular flexibility index (Phi) is 4.49. The Morgan fingerprint density at radius 3 is 3.00 bits per heavy atom. The van der Waals surface area contributed by atoms with Crippen molar-refractivity contribution in [1.82, 2.24) is 0 Å². The number of halogens is 1. The van der Waals surface area contributed by atoms with Crippen LogP contribution in [0.1, 0.15) is 22.3 Å². The van der Waals surface area contributed by atoms with Gasteiger partial charge < -0.3 is 9.47 Å². The third-order valence-corrected chi connectivity index (χ3v) is 4.43. The summed E-state index contributed by atoms with van der Waals surface area (Å²) >= 11 is 3.52. The van der Waals surface area contributed by atoms with Crippen LogP contribution in [-0.4, -0.2) is 13.2 Å². The van der Waals surface area contributed by atoms with E-state index in [0.29, 0.717) is 6.61 Å². The SMILES string of the molecule is Cc1cccc(CBr)c1OCCc1ccc2c(c1)CCO2. The molecule has 0 N–H and O–H groups in total. The maximum absolute atomic E-state index is 6.02. The van der Waals surface area contributed by atoms with Crippen LogP contribution < -0.4 is 9.47 Å². The Bertz CT molecular complexity index is 637. The number of hydrogen-bond acceptors (Lipinski definition) is 2. The van der Waals surface area contributed by atoms with Gasteiger partial charge in [0.25, 0.3) is 0 Å². The van der Waals surface area contributed by atoms with E-state index in [-0.39, 0.29) is 0 Å². The van der Waals surface area contributed by atoms with E-state index in [0.717, 1.165) is 36.3 Å². The highest BCUT2D eigenvalue weighted by molar-refractivity contribution is 9.08. The van der Waals surface area contributed by atoms with E-state index in [1.807, 2.05) is 0 Å². The Balaban J connectivity index is 1.64. The summed E-state index contributed by atoms with van der Waals surface area (Å²) in [6.07, 6.45) is 1.94. The minimum atomic E-state index is 0.699. The van der Waals surface area contributed by atoms with Gasteiger partial charge in [0, 0.05) is 23.7 Å². The van der Waals surface area contributed by atoms with Gasteiger partial charge in [0.1, 0.15) is 11.5 Å². The van der Waals surface area contributed by atoms with E-state index in [1.54, 1.807) is 0 Å². The van der Waals surface area contributed by atoms with Gasteiger partial charge in [-0.15, -0.1) is 0 Å². The van der Waals surface area contributed by atoms with Gasteiger partial charge in [0.2, 0.25) is 0 Å². The lowest BCUT2D eigenvalue weighted by Crippen LogP contribution is -2.04. The van der Waals surface area contributed by atoms with Crippen LogP contribution in [0.25, 0.3) is 0 Å². The fraction of sp³-hybridized carbons (Fsp3) is 0.333. The third-order valence-electron chi connectivity index (χ3n) is 3.83. The van der Waals surface area contributed by atoms with Gasteiger partial charge >= 0.3 is 0 Å². The summed E-state index contributed by atoms with van der Waals surface area (Å²) in [4.78, 5) is 0. The van der Waals surface area contributed by atoms with Gasteiger partial charge in [0.15, 0.2) is 0 Å². The highest BCUT2D eigenvalue weighted by atomic mass is 79.9. The van der Waals surface area contributed by atoms with E-state index < -0.39 is 0 Å². The number of rotatable bonds is 5. The predicted octanol–water partition coefficient (Wildman–Crippen LogP) is 4.45. The minimum Gasteiger partial charge on any atom is -0.493 e. The summed E-state index contributed by atoms with van der Waals surface area (Å²) < 4.78 is 11.6. The molecular weight excluding hydrogens is 328 g/mol. The zero-order chi connectivity index (χ0) is 14.7. The second-order valence-electron chi connectivity index (χ2n) is 5.34. The molecule has 0 radical (unpaired) electrons. The van der Waals surface area contributed by atoms with Gasteiger partial charge in [0.05, 0.1) is 13.2 Å². The summed E-state index contributed by atoms with van der Waals surface area (Å²) in [6, 6.07) is 12.7. The van der Waals surface area contributed by atoms with Crippen molar-refractivity contribution in [3.63, 3.8) is 0 Å². The van der Waals surface area contributed by atoms with E-state index in [2.05, 4.69) is 59.3 Å². The first-order valence-electron chi connectivity index (χ1n) is 7.30. The molecule has 0 saturated carbocycles. The summed E-state index contributed by atoms with van der Waals surface area (Å²) in [7, 11) is 0. The van der Waals surface area contributed by atoms with Crippen LogP contribution >= 0.6 is 15.9 Å². The molecule has 2 aromatic carbocycles. The standard InChI is InChI=1S/C18H19BrO2/c1-13-3-2-4-16(12-19)18(13)21-9-7-14-5-6-17-15(11-14)8-10-20-17/h2-6,11H,7-10,12H2,1H3. The third kappa shape index (κ3) is 3.24. The minimum absolute atomic E-state index is 0.699. The van der Waals surface area contributed by atoms with Crippen LogP contribution in [0.2, 0.25) is 0 Å². The van der Waals surface area contributed by atoms with Crippen LogP contribution in [0.15, 0.2) is 36.4 Å². The van der Waals surface area contributed by atoms with Crippen molar-refractivity contribution in [3.05, 3.63) is 58.7 Å². The Morgan fingerprint density at radius 1 is 1.24 bits per heavy atom. The van der Waals surface area contributed by atoms with Gasteiger partial charge in [-0.1, -0.05) is 46.3 Å². The highest BCUT2D eigenvalue weighted by Crippen LogP contribution is 2.27. The molecule has 0 fully saturated rings. The zero-order valence-electron chi connectivity index (χ0n) is 12.2. The van der Waals surface area contributed by atoms with Crippen LogP contribution in [0.4, 0.5) is 0 Å². The number of benzene rings is 2. The lowest BCUT2D eigenvalue weighted by atomic mass is 10.1. The maximum Gasteiger partial charge on any atom is 0.126 e. The van der Waals surface area contributed by atoms with E-state index in [1.165, 1.54) is 22.3 Å². The van der Waals surface area contributed by atoms with Crippen molar-refractivity contribution >= 4 is 15.9 Å². The second-order valence-corrected chi connectivity index (χ2v) is 5.90. The monoisotopic (exact) mass is 346 g/mol. The molecule has 3 rings (SSSR count). The van der Waals surface area contributed by atoms with E-state index >= 15 is 0 Å². The molecule has 0 unspecified atom stereocenters. The van der Waals surface area contributed by atoms with Gasteiger partial charge in [-0.25, -0.2) is 0 Å². The molecule has 0 aromatic heterocycles. The van der Waals surface area contributed by atoms with Crippen molar-refractivity contribution in [2.45, 2.75) is 25.1 Å². The van der Waals surface area contributed by atoms with Crippen LogP contribution in [-0.2, 0) is 18.2 Å². The number of alkyl halides is 1. The van der Waals surface area contributed by atoms with E-state index in [4.69, 9.17) is 9.47 Å². The highest BCUT2D eigenvalue weighted by Gasteiger charge is 2.12.